The van der Waals surface area contributed by atoms with E-state index in [9.17, 15) is 9.18 Å². The van der Waals surface area contributed by atoms with Gasteiger partial charge < -0.3 is 15.0 Å². The van der Waals surface area contributed by atoms with Gasteiger partial charge in [-0.3, -0.25) is 14.4 Å². The number of carbonyl (C=O) groups excluding carboxylic acids is 1. The van der Waals surface area contributed by atoms with Crippen LogP contribution in [0.25, 0.3) is 10.8 Å². The van der Waals surface area contributed by atoms with E-state index < -0.39 is 11.7 Å². The Kier molecular flexibility index (Phi) is 5.72. The first-order chi connectivity index (χ1) is 17.3. The van der Waals surface area contributed by atoms with Crippen molar-refractivity contribution in [2.45, 2.75) is 37.9 Å². The third kappa shape index (κ3) is 4.14. The van der Waals surface area contributed by atoms with Crippen LogP contribution in [0.3, 0.4) is 0 Å². The molecule has 3 fully saturated rings. The van der Waals surface area contributed by atoms with Crippen LogP contribution in [0.2, 0.25) is 0 Å². The highest BCUT2D eigenvalue weighted by molar-refractivity contribution is 5.97. The van der Waals surface area contributed by atoms with Gasteiger partial charge in [-0.25, -0.2) is 9.37 Å². The van der Waals surface area contributed by atoms with E-state index in [1.807, 2.05) is 38.5 Å². The fourth-order valence-corrected chi connectivity index (χ4v) is 5.75. The molecule has 1 N–H and O–H groups in total. The highest BCUT2D eigenvalue weighted by atomic mass is 19.1. The number of pyridine rings is 1. The number of nitrogens with zero attached hydrogens (tertiary/aromatic N) is 5. The Morgan fingerprint density at radius 2 is 2.00 bits per heavy atom. The third-order valence-electron chi connectivity index (χ3n) is 8.21. The Bertz CT molecular complexity index is 1300. The molecule has 2 aromatic heterocycles. The van der Waals surface area contributed by atoms with Gasteiger partial charge in [-0.2, -0.15) is 5.10 Å². The molecule has 1 aromatic carbocycles. The quantitative estimate of drug-likeness (QED) is 0.589. The number of anilines is 2. The maximum atomic E-state index is 14.5. The van der Waals surface area contributed by atoms with Crippen molar-refractivity contribution in [3.63, 3.8) is 0 Å². The molecule has 1 aliphatic carbocycles. The monoisotopic (exact) mass is 492 g/mol. The topological polar surface area (TPSA) is 75.5 Å². The molecular weight excluding hydrogens is 459 g/mol. The Morgan fingerprint density at radius 1 is 1.19 bits per heavy atom. The lowest BCUT2D eigenvalue weighted by Crippen LogP contribution is -2.59. The van der Waals surface area contributed by atoms with E-state index in [2.05, 4.69) is 44.3 Å². The summed E-state index contributed by atoms with van der Waals surface area (Å²) in [5.74, 6) is 0.696. The number of rotatable bonds is 5. The smallest absolute Gasteiger partial charge is 0.229 e. The Balaban J connectivity index is 1.15. The van der Waals surface area contributed by atoms with Crippen molar-refractivity contribution in [1.29, 1.82) is 0 Å². The van der Waals surface area contributed by atoms with Crippen LogP contribution in [0.1, 0.15) is 30.5 Å². The molecule has 2 aliphatic heterocycles. The van der Waals surface area contributed by atoms with Gasteiger partial charge >= 0.3 is 0 Å². The summed E-state index contributed by atoms with van der Waals surface area (Å²) in [7, 11) is 1.89. The first kappa shape index (κ1) is 23.4. The van der Waals surface area contributed by atoms with E-state index in [4.69, 9.17) is 4.74 Å². The highest BCUT2D eigenvalue weighted by Crippen LogP contribution is 2.47. The SMILES string of the molecule is Cc1cc2cnc(NC(=O)[C@H]3C[C@@H]3c3ccn(C)n3)cc2cc1N1CCN([C@]2(C)COC[C@@H]2F)CC1. The number of fused-ring (bicyclic) bond motifs is 1. The first-order valence-corrected chi connectivity index (χ1v) is 12.7. The molecule has 9 heteroatoms. The molecule has 36 heavy (non-hydrogen) atoms. The summed E-state index contributed by atoms with van der Waals surface area (Å²) in [4.78, 5) is 21.9. The van der Waals surface area contributed by atoms with Crippen molar-refractivity contribution in [2.75, 3.05) is 49.6 Å². The van der Waals surface area contributed by atoms with E-state index in [1.54, 1.807) is 4.68 Å². The van der Waals surface area contributed by atoms with Crippen LogP contribution in [0.15, 0.2) is 36.7 Å². The Labute approximate surface area is 210 Å². The second-order valence-electron chi connectivity index (χ2n) is 10.7. The van der Waals surface area contributed by atoms with Crippen molar-refractivity contribution < 1.29 is 13.9 Å². The van der Waals surface area contributed by atoms with Crippen molar-refractivity contribution in [3.8, 4) is 0 Å². The van der Waals surface area contributed by atoms with Crippen LogP contribution in [-0.4, -0.2) is 76.7 Å². The molecule has 190 valence electrons. The van der Waals surface area contributed by atoms with Crippen LogP contribution in [0, 0.1) is 12.8 Å². The number of aryl methyl sites for hydroxylation is 2. The predicted molar refractivity (Wildman–Crippen MR) is 137 cm³/mol. The number of nitrogens with one attached hydrogen (secondary N) is 1. The molecule has 4 heterocycles. The number of halogens is 1. The number of hydrogen-bond donors (Lipinski definition) is 1. The van der Waals surface area contributed by atoms with Gasteiger partial charge in [0.05, 0.1) is 24.4 Å². The minimum atomic E-state index is -0.942. The lowest BCUT2D eigenvalue weighted by atomic mass is 9.96. The normalized spacial score (nSPS) is 28.6. The predicted octanol–water partition coefficient (Wildman–Crippen LogP) is 3.27. The maximum absolute atomic E-state index is 14.5. The van der Waals surface area contributed by atoms with Crippen LogP contribution in [0.4, 0.5) is 15.9 Å². The molecule has 2 saturated heterocycles. The fraction of sp³-hybridized carbons (Fsp3) is 0.519. The highest BCUT2D eigenvalue weighted by Gasteiger charge is 2.46. The van der Waals surface area contributed by atoms with Crippen LogP contribution in [-0.2, 0) is 16.6 Å². The van der Waals surface area contributed by atoms with Gasteiger partial charge in [-0.1, -0.05) is 0 Å². The molecule has 4 atom stereocenters. The number of aromatic nitrogens is 3. The van der Waals surface area contributed by atoms with Gasteiger partial charge in [0, 0.05) is 68.5 Å². The lowest BCUT2D eigenvalue weighted by Gasteiger charge is -2.45. The molecular formula is C27H33FN6O2. The number of hydrogen-bond acceptors (Lipinski definition) is 6. The number of amides is 1. The number of alkyl halides is 1. The maximum Gasteiger partial charge on any atom is 0.229 e. The Morgan fingerprint density at radius 3 is 2.69 bits per heavy atom. The van der Waals surface area contributed by atoms with Gasteiger partial charge in [0.1, 0.15) is 12.0 Å². The molecule has 1 saturated carbocycles. The standard InChI is InChI=1S/C27H33FN6O2/c1-17-10-19-14-29-25(30-26(35)21-13-20(21)22-4-5-32(3)31-22)12-18(19)11-23(17)33-6-8-34(9-7-33)27(2)16-36-15-24(27)28/h4-5,10-12,14,20-21,24H,6-9,13,15-16H2,1-3H3,(H,29,30,35)/t20-,21-,24-,27+/m0/s1. The molecule has 8 nitrogen and oxygen atoms in total. The van der Waals surface area contributed by atoms with Gasteiger partial charge in [0.25, 0.3) is 0 Å². The fourth-order valence-electron chi connectivity index (χ4n) is 5.75. The van der Waals surface area contributed by atoms with Crippen molar-refractivity contribution in [2.24, 2.45) is 13.0 Å². The molecule has 0 unspecified atom stereocenters. The summed E-state index contributed by atoms with van der Waals surface area (Å²) in [5, 5.41) is 9.53. The molecule has 0 radical (unpaired) electrons. The zero-order valence-electron chi connectivity index (χ0n) is 21.1. The van der Waals surface area contributed by atoms with Gasteiger partial charge in [0.15, 0.2) is 0 Å². The molecule has 6 rings (SSSR count). The summed E-state index contributed by atoms with van der Waals surface area (Å²) in [6.07, 6.45) is 3.61. The van der Waals surface area contributed by atoms with E-state index in [0.717, 1.165) is 49.1 Å². The minimum absolute atomic E-state index is 0.00323. The summed E-state index contributed by atoms with van der Waals surface area (Å²) in [5.41, 5.74) is 2.80. The third-order valence-corrected chi connectivity index (χ3v) is 8.21. The van der Waals surface area contributed by atoms with E-state index in [0.29, 0.717) is 12.4 Å². The summed E-state index contributed by atoms with van der Waals surface area (Å²) in [6.45, 7) is 8.00. The largest absolute Gasteiger partial charge is 0.376 e. The zero-order valence-corrected chi connectivity index (χ0v) is 21.1. The van der Waals surface area contributed by atoms with Crippen LogP contribution < -0.4 is 10.2 Å². The van der Waals surface area contributed by atoms with Crippen LogP contribution >= 0.6 is 0 Å². The molecule has 0 bridgehead atoms. The lowest BCUT2D eigenvalue weighted by molar-refractivity contribution is -0.117. The van der Waals surface area contributed by atoms with Crippen molar-refractivity contribution in [3.05, 3.63) is 47.9 Å². The van der Waals surface area contributed by atoms with Gasteiger partial charge in [0.2, 0.25) is 5.91 Å². The average molecular weight is 493 g/mol. The average Bonchev–Trinajstić information content (AvgIpc) is 3.44. The summed E-state index contributed by atoms with van der Waals surface area (Å²) >= 11 is 0. The number of carbonyl (C=O) groups is 1. The summed E-state index contributed by atoms with van der Waals surface area (Å²) in [6, 6.07) is 8.27. The van der Waals surface area contributed by atoms with Gasteiger partial charge in [-0.15, -0.1) is 0 Å². The summed E-state index contributed by atoms with van der Waals surface area (Å²) < 4.78 is 21.7. The van der Waals surface area contributed by atoms with E-state index in [-0.39, 0.29) is 24.3 Å². The van der Waals surface area contributed by atoms with E-state index in [1.165, 1.54) is 11.3 Å². The Hall–Kier alpha value is -3.04. The molecule has 1 amide bonds. The second-order valence-corrected chi connectivity index (χ2v) is 10.7. The molecule has 3 aromatic rings. The van der Waals surface area contributed by atoms with Crippen LogP contribution in [0.5, 0.6) is 0 Å². The second kappa shape index (κ2) is 8.81. The number of piperazine rings is 1. The van der Waals surface area contributed by atoms with Crippen molar-refractivity contribution >= 4 is 28.2 Å². The number of benzene rings is 1. The molecule has 0 spiro atoms. The zero-order chi connectivity index (χ0) is 25.0. The minimum Gasteiger partial charge on any atom is -0.376 e. The van der Waals surface area contributed by atoms with E-state index >= 15 is 0 Å². The first-order valence-electron chi connectivity index (χ1n) is 12.7. The molecule has 3 aliphatic rings. The van der Waals surface area contributed by atoms with Crippen molar-refractivity contribution in [1.82, 2.24) is 19.7 Å². The number of ether oxygens (including phenoxy) is 1. The van der Waals surface area contributed by atoms with Gasteiger partial charge in [-0.05, 0) is 55.5 Å².